The Balaban J connectivity index is 0.000000142. The van der Waals surface area contributed by atoms with Crippen molar-refractivity contribution in [2.75, 3.05) is 197 Å². The predicted octanol–water partition coefficient (Wildman–Crippen LogP) is 13.6. The first kappa shape index (κ1) is 86.1. The van der Waals surface area contributed by atoms with Crippen LogP contribution < -0.4 is 71.3 Å². The van der Waals surface area contributed by atoms with Crippen LogP contribution in [-0.4, -0.2) is 210 Å². The molecule has 8 aliphatic rings. The molecule has 0 radical (unpaired) electrons. The van der Waals surface area contributed by atoms with Gasteiger partial charge in [0.05, 0.1) is 94.2 Å². The lowest BCUT2D eigenvalue weighted by molar-refractivity contribution is -0.386. The summed E-state index contributed by atoms with van der Waals surface area (Å²) in [6, 6.07) is 28.1. The zero-order valence-corrected chi connectivity index (χ0v) is 69.7. The number of nitro groups is 2. The molecule has 8 fully saturated rings. The maximum absolute atomic E-state index is 12.7. The second kappa shape index (κ2) is 38.3. The van der Waals surface area contributed by atoms with Gasteiger partial charge in [0.15, 0.2) is 11.6 Å². The lowest BCUT2D eigenvalue weighted by Gasteiger charge is -2.52. The third kappa shape index (κ3) is 22.0. The van der Waals surface area contributed by atoms with Crippen LogP contribution in [0.15, 0.2) is 109 Å². The number of benzene rings is 2. The molecule has 6 N–H and O–H groups in total. The average Bonchev–Trinajstić information content (AvgIpc) is 0.768. The summed E-state index contributed by atoms with van der Waals surface area (Å²) in [4.78, 5) is 60.4. The van der Waals surface area contributed by atoms with Gasteiger partial charge in [-0.1, -0.05) is 59.1 Å². The second-order valence-corrected chi connectivity index (χ2v) is 37.9. The number of rotatable bonds is 17. The molecule has 0 amide bonds. The number of nitrogens with zero attached hydrogens (tertiary/aromatic N) is 13. The molecule has 32 nitrogen and oxygen atoms in total. The number of ether oxygens (including phenoxy) is 8. The van der Waals surface area contributed by atoms with E-state index in [0.29, 0.717) is 73.0 Å². The summed E-state index contributed by atoms with van der Waals surface area (Å²) < 4.78 is 67.6. The van der Waals surface area contributed by atoms with Crippen molar-refractivity contribution in [2.24, 2.45) is 21.7 Å². The highest BCUT2D eigenvalue weighted by Crippen LogP contribution is 2.46. The van der Waals surface area contributed by atoms with Crippen molar-refractivity contribution in [3.8, 4) is 23.5 Å². The van der Waals surface area contributed by atoms with Crippen LogP contribution in [0.1, 0.15) is 51.4 Å². The maximum Gasteiger partial charge on any atom is 0.331 e. The summed E-state index contributed by atoms with van der Waals surface area (Å²) in [5.74, 6) is 4.60. The minimum atomic E-state index is -2.51. The van der Waals surface area contributed by atoms with Crippen molar-refractivity contribution in [1.82, 2.24) is 45.2 Å². The zero-order valence-electron chi connectivity index (χ0n) is 64.9. The smallest absolute Gasteiger partial charge is 0.331 e. The number of hydrogen-bond acceptors (Lipinski definition) is 30. The standard InChI is InChI=1S/C25H30ClN6O3P.C13H17N3O4.C13H19N3O2.C12H12Cl2N3OP.C7H13NO.C6H5ClN2O3/c1-34-23-19(9-10-21(30-23)32-14-25(15-32)11-6-12-35-16-25)29-24-27-13-17(26)22(31-24)28-18-7-4-5-8-20(18)36(2,3)33;1-19-12-10(16(17)18)3-4-11(14-12)15-7-13(8-15)5-2-6-20-9-13;1-17-12-10(14)3-4-11(15-12)16-7-13(8-16)5-2-6-18-9-13;1-19(2,18)10-6-4-3-5-9(10)16-11-8(13)7-15-12(14)17-11;1-2-7(4-8-5-7)6-9-3-1;1-12-6-4(9(10)11)2-3-5(7)8-6/h4-5,7-10,13H,6,11-12,14-16H2,1-3H3,(H2,27,28,29,31);3-4H,2,5-9H2,1H3;3-4H,2,5-9,14H2,1H3;3-7H,1-2H3,(H,15,16,17);8H,1-6H2;2-3H,1H3. The van der Waals surface area contributed by atoms with Gasteiger partial charge >= 0.3 is 11.4 Å². The number of aromatic nitrogens is 8. The SMILES string of the molecule is C1COCC2(C1)CNC2.COc1nc(Cl)ccc1[N+](=O)[O-].COc1nc(N2CC3(CCCOC3)C2)ccc1N.COc1nc(N2CC3(CCCOC3)C2)ccc1Nc1ncc(Cl)c(Nc2ccccc2P(C)(C)=O)n1.COc1nc(N2CC3(CCCOC3)C2)ccc1[N+](=O)[O-].CP(C)(=O)c1ccccc1Nc1nc(Cl)ncc1Cl. The van der Waals surface area contributed by atoms with E-state index < -0.39 is 24.1 Å². The number of nitrogen functional groups attached to an aromatic ring is 1. The van der Waals surface area contributed by atoms with Crippen LogP contribution in [0.3, 0.4) is 0 Å². The third-order valence-corrected chi connectivity index (χ3v) is 24.5. The van der Waals surface area contributed by atoms with E-state index in [9.17, 15) is 29.4 Å². The first-order chi connectivity index (χ1) is 54.6. The Labute approximate surface area is 682 Å². The first-order valence-electron chi connectivity index (χ1n) is 37.0. The Morgan fingerprint density at radius 3 is 1.28 bits per heavy atom. The van der Waals surface area contributed by atoms with Crippen LogP contribution in [0.5, 0.6) is 23.5 Å². The minimum Gasteiger partial charge on any atom is -0.479 e. The topological polar surface area (TPSA) is 381 Å². The van der Waals surface area contributed by atoms with E-state index in [2.05, 4.69) is 75.6 Å². The maximum atomic E-state index is 12.7. The molecule has 6 aromatic heterocycles. The number of anilines is 10. The summed E-state index contributed by atoms with van der Waals surface area (Å²) in [7, 11) is 0.963. The summed E-state index contributed by atoms with van der Waals surface area (Å²) in [5.41, 5.74) is 9.51. The molecule has 0 bridgehead atoms. The molecule has 0 aliphatic carbocycles. The van der Waals surface area contributed by atoms with E-state index in [1.807, 2.05) is 72.8 Å². The van der Waals surface area contributed by atoms with Crippen LogP contribution >= 0.6 is 60.7 Å². The van der Waals surface area contributed by atoms with Gasteiger partial charge in [-0.3, -0.25) is 20.2 Å². The molecule has 14 heterocycles. The highest BCUT2D eigenvalue weighted by atomic mass is 35.5. The molecular weight excluding hydrogens is 1590 g/mol. The van der Waals surface area contributed by atoms with Crippen molar-refractivity contribution >= 4 is 140 Å². The van der Waals surface area contributed by atoms with Gasteiger partial charge in [0.2, 0.25) is 23.0 Å². The molecular formula is C76H96Cl4N18O14P2. The van der Waals surface area contributed by atoms with Gasteiger partial charge < -0.3 is 88.7 Å². The molecule has 4 spiro atoms. The summed E-state index contributed by atoms with van der Waals surface area (Å²) in [6.45, 7) is 22.1. The lowest BCUT2D eigenvalue weighted by Crippen LogP contribution is -2.60. The molecule has 8 aliphatic heterocycles. The Kier molecular flexibility index (Phi) is 28.9. The summed E-state index contributed by atoms with van der Waals surface area (Å²) >= 11 is 23.6. The van der Waals surface area contributed by atoms with E-state index in [1.54, 1.807) is 46.9 Å². The Hall–Kier alpha value is -8.78. The number of nitrogens with one attached hydrogen (secondary N) is 4. The van der Waals surface area contributed by atoms with Gasteiger partial charge in [-0.2, -0.15) is 29.9 Å². The van der Waals surface area contributed by atoms with Crippen LogP contribution in [0.4, 0.5) is 69.2 Å². The van der Waals surface area contributed by atoms with Gasteiger partial charge in [0.25, 0.3) is 11.8 Å². The van der Waals surface area contributed by atoms with Gasteiger partial charge in [0.1, 0.15) is 52.6 Å². The van der Waals surface area contributed by atoms with Crippen molar-refractivity contribution in [3.05, 3.63) is 150 Å². The number of para-hydroxylation sites is 2. The van der Waals surface area contributed by atoms with E-state index in [-0.39, 0.29) is 44.4 Å². The third-order valence-electron chi connectivity index (χ3n) is 20.4. The predicted molar refractivity (Wildman–Crippen MR) is 445 cm³/mol. The van der Waals surface area contributed by atoms with Crippen LogP contribution in [0, 0.1) is 41.9 Å². The highest BCUT2D eigenvalue weighted by Gasteiger charge is 2.48. The van der Waals surface area contributed by atoms with Gasteiger partial charge in [-0.15, -0.1) is 0 Å². The van der Waals surface area contributed by atoms with Crippen molar-refractivity contribution < 1.29 is 56.9 Å². The van der Waals surface area contributed by atoms with E-state index in [0.717, 1.165) is 133 Å². The molecule has 0 unspecified atom stereocenters. The fourth-order valence-corrected chi connectivity index (χ4v) is 17.4. The number of hydrogen-bond donors (Lipinski definition) is 5. The van der Waals surface area contributed by atoms with E-state index in [4.69, 9.17) is 90.3 Å². The van der Waals surface area contributed by atoms with Gasteiger partial charge in [-0.05, 0) is 150 Å². The molecule has 2 aromatic carbocycles. The number of halogens is 4. The summed E-state index contributed by atoms with van der Waals surface area (Å²) in [6.07, 6.45) is 12.6. The number of pyridine rings is 4. The van der Waals surface area contributed by atoms with Crippen molar-refractivity contribution in [1.29, 1.82) is 0 Å². The molecule has 0 atom stereocenters. The highest BCUT2D eigenvalue weighted by molar-refractivity contribution is 7.70. The minimum absolute atomic E-state index is 0.0633. The van der Waals surface area contributed by atoms with Crippen LogP contribution in [0.2, 0.25) is 20.5 Å². The second-order valence-electron chi connectivity index (χ2n) is 30.0. The normalized spacial score (nSPS) is 17.8. The zero-order chi connectivity index (χ0) is 81.4. The molecule has 38 heteroatoms. The Bertz CT molecular complexity index is 4730. The van der Waals surface area contributed by atoms with Gasteiger partial charge in [0, 0.05) is 123 Å². The number of nitrogens with two attached hydrogens (primary N) is 1. The van der Waals surface area contributed by atoms with E-state index >= 15 is 0 Å². The summed E-state index contributed by atoms with van der Waals surface area (Å²) in [5, 5.41) is 36.3. The molecule has 612 valence electrons. The molecule has 8 aromatic rings. The lowest BCUT2D eigenvalue weighted by atomic mass is 9.75. The van der Waals surface area contributed by atoms with Crippen LogP contribution in [-0.2, 0) is 28.1 Å². The van der Waals surface area contributed by atoms with Crippen molar-refractivity contribution in [3.63, 3.8) is 0 Å². The molecule has 8 saturated heterocycles. The van der Waals surface area contributed by atoms with Gasteiger partial charge in [-0.25, -0.2) is 9.97 Å². The molecule has 114 heavy (non-hydrogen) atoms. The quantitative estimate of drug-likeness (QED) is 0.0186. The average molecular weight is 1690 g/mol. The fraction of sp³-hybridized carbons (Fsp3) is 0.474. The fourth-order valence-electron chi connectivity index (χ4n) is 14.6. The number of methoxy groups -OCH3 is 4. The first-order valence-corrected chi connectivity index (χ1v) is 43.8. The monoisotopic (exact) mass is 1690 g/mol. The Morgan fingerprint density at radius 2 is 0.868 bits per heavy atom. The molecule has 0 saturated carbocycles. The largest absolute Gasteiger partial charge is 0.479 e. The molecule has 16 rings (SSSR count). The van der Waals surface area contributed by atoms with Crippen LogP contribution in [0.25, 0.3) is 0 Å². The van der Waals surface area contributed by atoms with Crippen molar-refractivity contribution in [2.45, 2.75) is 51.4 Å². The van der Waals surface area contributed by atoms with E-state index in [1.165, 1.54) is 96.4 Å². The Morgan fingerprint density at radius 1 is 0.474 bits per heavy atom.